The summed E-state index contributed by atoms with van der Waals surface area (Å²) in [7, 11) is -2.92. The second kappa shape index (κ2) is 7.87. The van der Waals surface area contributed by atoms with Crippen molar-refractivity contribution in [3.05, 3.63) is 41.2 Å². The molecule has 10 heteroatoms. The van der Waals surface area contributed by atoms with Crippen molar-refractivity contribution in [3.8, 4) is 0 Å². The van der Waals surface area contributed by atoms with E-state index in [1.165, 1.54) is 0 Å². The van der Waals surface area contributed by atoms with Gasteiger partial charge >= 0.3 is 0 Å². The molecule has 2 aliphatic rings. The molecule has 1 amide bonds. The summed E-state index contributed by atoms with van der Waals surface area (Å²) in [6, 6.07) is 7.47. The van der Waals surface area contributed by atoms with Crippen LogP contribution in [0.15, 0.2) is 24.3 Å². The summed E-state index contributed by atoms with van der Waals surface area (Å²) in [4.78, 5) is 14.6. The van der Waals surface area contributed by atoms with Gasteiger partial charge in [0.1, 0.15) is 0 Å². The van der Waals surface area contributed by atoms with Gasteiger partial charge in [-0.15, -0.1) is 12.4 Å². The number of benzene rings is 1. The Bertz CT molecular complexity index is 930. The highest BCUT2D eigenvalue weighted by molar-refractivity contribution is 7.91. The Kier molecular flexibility index (Phi) is 5.73. The lowest BCUT2D eigenvalue weighted by Crippen LogP contribution is -2.40. The maximum atomic E-state index is 12.6. The number of sulfone groups is 1. The van der Waals surface area contributed by atoms with Crippen molar-refractivity contribution in [2.75, 3.05) is 41.4 Å². The van der Waals surface area contributed by atoms with E-state index >= 15 is 0 Å². The lowest BCUT2D eigenvalue weighted by Gasteiger charge is -2.29. The van der Waals surface area contributed by atoms with Gasteiger partial charge in [0.15, 0.2) is 15.5 Å². The van der Waals surface area contributed by atoms with Gasteiger partial charge in [0.2, 0.25) is 0 Å². The van der Waals surface area contributed by atoms with E-state index in [9.17, 15) is 13.2 Å². The summed E-state index contributed by atoms with van der Waals surface area (Å²) < 4.78 is 23.2. The van der Waals surface area contributed by atoms with Crippen molar-refractivity contribution in [2.45, 2.75) is 13.0 Å². The number of aromatic nitrogens is 2. The van der Waals surface area contributed by atoms with Crippen molar-refractivity contribution in [3.63, 3.8) is 0 Å². The quantitative estimate of drug-likeness (QED) is 0.694. The fraction of sp³-hybridized carbons (Fsp3) is 0.412. The zero-order chi connectivity index (χ0) is 18.1. The average Bonchev–Trinajstić information content (AvgIpc) is 3.06. The molecule has 0 unspecified atom stereocenters. The molecule has 0 radical (unpaired) electrons. The molecule has 1 aromatic heterocycles. The van der Waals surface area contributed by atoms with Gasteiger partial charge < -0.3 is 15.5 Å². The van der Waals surface area contributed by atoms with E-state index < -0.39 is 9.84 Å². The van der Waals surface area contributed by atoms with Crippen LogP contribution in [0.25, 0.3) is 0 Å². The molecular weight excluding hydrogens is 390 g/mol. The first-order valence-corrected chi connectivity index (χ1v) is 10.5. The molecule has 0 spiro atoms. The third kappa shape index (κ3) is 4.26. The number of aromatic amines is 1. The van der Waals surface area contributed by atoms with Crippen LogP contribution in [0.5, 0.6) is 0 Å². The number of halogens is 1. The number of hydrogen-bond donors (Lipinski definition) is 3. The zero-order valence-corrected chi connectivity index (χ0v) is 16.3. The Balaban J connectivity index is 0.00000210. The summed E-state index contributed by atoms with van der Waals surface area (Å²) in [5.41, 5.74) is 3.93. The van der Waals surface area contributed by atoms with Gasteiger partial charge in [-0.1, -0.05) is 6.07 Å². The summed E-state index contributed by atoms with van der Waals surface area (Å²) >= 11 is 0. The van der Waals surface area contributed by atoms with Gasteiger partial charge in [-0.2, -0.15) is 5.10 Å². The summed E-state index contributed by atoms with van der Waals surface area (Å²) in [5, 5.41) is 13.3. The van der Waals surface area contributed by atoms with Crippen LogP contribution in [0.1, 0.15) is 21.7 Å². The molecule has 0 saturated carbocycles. The number of amides is 1. The van der Waals surface area contributed by atoms with Gasteiger partial charge in [0, 0.05) is 55.2 Å². The second-order valence-electron chi connectivity index (χ2n) is 6.60. The van der Waals surface area contributed by atoms with Crippen LogP contribution in [-0.4, -0.2) is 55.7 Å². The Morgan fingerprint density at radius 2 is 2.00 bits per heavy atom. The molecule has 27 heavy (non-hydrogen) atoms. The van der Waals surface area contributed by atoms with Crippen molar-refractivity contribution in [1.29, 1.82) is 0 Å². The van der Waals surface area contributed by atoms with E-state index in [0.717, 1.165) is 29.9 Å². The molecule has 0 aliphatic carbocycles. The summed E-state index contributed by atoms with van der Waals surface area (Å²) in [6.07, 6.45) is 0.836. The Morgan fingerprint density at radius 1 is 1.22 bits per heavy atom. The molecule has 2 aromatic rings. The fourth-order valence-electron chi connectivity index (χ4n) is 3.35. The first kappa shape index (κ1) is 19.7. The van der Waals surface area contributed by atoms with Crippen LogP contribution in [-0.2, 0) is 22.8 Å². The Hall–Kier alpha value is -2.10. The Morgan fingerprint density at radius 3 is 2.78 bits per heavy atom. The predicted molar refractivity (Wildman–Crippen MR) is 107 cm³/mol. The minimum absolute atomic E-state index is 0. The molecule has 1 fully saturated rings. The number of fused-ring (bicyclic) bond motifs is 1. The third-order valence-corrected chi connectivity index (χ3v) is 6.44. The number of nitrogens with one attached hydrogen (secondary N) is 3. The van der Waals surface area contributed by atoms with E-state index in [2.05, 4.69) is 20.8 Å². The minimum Gasteiger partial charge on any atom is -0.369 e. The molecule has 3 N–H and O–H groups in total. The highest BCUT2D eigenvalue weighted by atomic mass is 35.5. The molecule has 2 aliphatic heterocycles. The molecule has 4 rings (SSSR count). The van der Waals surface area contributed by atoms with Crippen molar-refractivity contribution in [1.82, 2.24) is 15.5 Å². The number of carbonyl (C=O) groups is 1. The molecular formula is C17H22ClN5O3S. The summed E-state index contributed by atoms with van der Waals surface area (Å²) in [6.45, 7) is 2.46. The van der Waals surface area contributed by atoms with Crippen molar-refractivity contribution >= 4 is 39.5 Å². The van der Waals surface area contributed by atoms with Crippen LogP contribution in [0, 0.1) is 0 Å². The fourth-order valence-corrected chi connectivity index (χ4v) is 4.56. The predicted octanol–water partition coefficient (Wildman–Crippen LogP) is 0.964. The number of rotatable bonds is 3. The van der Waals surface area contributed by atoms with Gasteiger partial charge in [-0.25, -0.2) is 8.42 Å². The average molecular weight is 412 g/mol. The molecule has 1 saturated heterocycles. The van der Waals surface area contributed by atoms with Crippen molar-refractivity contribution < 1.29 is 13.2 Å². The van der Waals surface area contributed by atoms with Crippen LogP contribution in [0.4, 0.5) is 11.4 Å². The molecule has 8 nitrogen and oxygen atoms in total. The number of anilines is 2. The topological polar surface area (TPSA) is 107 Å². The summed E-state index contributed by atoms with van der Waals surface area (Å²) in [5.74, 6) is 0.0796. The number of H-pyrrole nitrogens is 1. The van der Waals surface area contributed by atoms with E-state index in [1.54, 1.807) is 0 Å². The molecule has 3 heterocycles. The number of hydrogen-bond acceptors (Lipinski definition) is 6. The van der Waals surface area contributed by atoms with E-state index in [4.69, 9.17) is 0 Å². The highest BCUT2D eigenvalue weighted by Gasteiger charge is 2.23. The van der Waals surface area contributed by atoms with Gasteiger partial charge in [0.05, 0.1) is 11.5 Å². The molecule has 0 atom stereocenters. The molecule has 146 valence electrons. The third-order valence-electron chi connectivity index (χ3n) is 4.84. The van der Waals surface area contributed by atoms with Crippen LogP contribution >= 0.6 is 12.4 Å². The number of nitrogens with zero attached hydrogens (tertiary/aromatic N) is 2. The van der Waals surface area contributed by atoms with E-state index in [1.807, 2.05) is 29.2 Å². The first-order valence-electron chi connectivity index (χ1n) is 8.65. The van der Waals surface area contributed by atoms with Crippen LogP contribution < -0.4 is 15.5 Å². The smallest absolute Gasteiger partial charge is 0.276 e. The lowest BCUT2D eigenvalue weighted by molar-refractivity contribution is 0.102. The Labute approximate surface area is 164 Å². The number of carbonyl (C=O) groups excluding carboxylic acids is 1. The first-order chi connectivity index (χ1) is 12.5. The molecule has 1 aromatic carbocycles. The standard InChI is InChI=1S/C17H21N5O3S.ClH/c23-17(16-14-11-18-5-4-15(14)20-21-16)19-12-2-1-3-13(10-12)22-6-8-26(24,25)9-7-22;/h1-3,10,18H,4-9,11H2,(H,19,23)(H,20,21);1H. The van der Waals surface area contributed by atoms with Crippen molar-refractivity contribution in [2.24, 2.45) is 0 Å². The maximum Gasteiger partial charge on any atom is 0.276 e. The highest BCUT2D eigenvalue weighted by Crippen LogP contribution is 2.23. The lowest BCUT2D eigenvalue weighted by atomic mass is 10.1. The zero-order valence-electron chi connectivity index (χ0n) is 14.7. The second-order valence-corrected chi connectivity index (χ2v) is 8.90. The van der Waals surface area contributed by atoms with E-state index in [0.29, 0.717) is 31.0 Å². The largest absolute Gasteiger partial charge is 0.369 e. The minimum atomic E-state index is -2.92. The normalized spacial score (nSPS) is 18.3. The van der Waals surface area contributed by atoms with Gasteiger partial charge in [0.25, 0.3) is 5.91 Å². The van der Waals surface area contributed by atoms with Gasteiger partial charge in [-0.05, 0) is 18.2 Å². The SMILES string of the molecule is Cl.O=C(Nc1cccc(N2CCS(=O)(=O)CC2)c1)c1n[nH]c2c1CNCC2. The monoisotopic (exact) mass is 411 g/mol. The maximum absolute atomic E-state index is 12.6. The van der Waals surface area contributed by atoms with Crippen LogP contribution in [0.2, 0.25) is 0 Å². The molecule has 0 bridgehead atoms. The van der Waals surface area contributed by atoms with E-state index in [-0.39, 0.29) is 29.8 Å². The van der Waals surface area contributed by atoms with Gasteiger partial charge in [-0.3, -0.25) is 9.89 Å². The van der Waals surface area contributed by atoms with Crippen LogP contribution in [0.3, 0.4) is 0 Å².